The lowest BCUT2D eigenvalue weighted by atomic mass is 10.0. The van der Waals surface area contributed by atoms with Gasteiger partial charge in [0.25, 0.3) is 15.9 Å². The van der Waals surface area contributed by atoms with Crippen LogP contribution in [0.5, 0.6) is 0 Å². The Hall–Kier alpha value is -3.71. The summed E-state index contributed by atoms with van der Waals surface area (Å²) in [4.78, 5) is 12.9. The topological polar surface area (TPSA) is 75.3 Å². The van der Waals surface area contributed by atoms with Gasteiger partial charge in [-0.25, -0.2) is 12.8 Å². The smallest absolute Gasteiger partial charge is 0.261 e. The molecule has 1 amide bonds. The highest BCUT2D eigenvalue weighted by Crippen LogP contribution is 2.35. The number of aryl methyl sites for hydroxylation is 2. The number of hydrogen-bond acceptors (Lipinski definition) is 3. The van der Waals surface area contributed by atoms with Gasteiger partial charge in [-0.3, -0.25) is 9.52 Å². The first-order valence-electron chi connectivity index (χ1n) is 10.1. The van der Waals surface area contributed by atoms with Gasteiger partial charge in [-0.1, -0.05) is 30.3 Å². The molecule has 5 nitrogen and oxygen atoms in total. The molecule has 0 radical (unpaired) electrons. The molecular formula is C25H19FN2O3S. The molecule has 0 aliphatic heterocycles. The number of anilines is 2. The summed E-state index contributed by atoms with van der Waals surface area (Å²) in [5, 5.41) is 5.15. The van der Waals surface area contributed by atoms with Crippen LogP contribution in [-0.2, 0) is 22.9 Å². The summed E-state index contributed by atoms with van der Waals surface area (Å²) in [6.45, 7) is 0. The van der Waals surface area contributed by atoms with Crippen molar-refractivity contribution < 1.29 is 17.6 Å². The highest BCUT2D eigenvalue weighted by atomic mass is 32.2. The molecule has 160 valence electrons. The van der Waals surface area contributed by atoms with Crippen molar-refractivity contribution >= 4 is 38.1 Å². The largest absolute Gasteiger partial charge is 0.321 e. The van der Waals surface area contributed by atoms with Gasteiger partial charge in [0, 0.05) is 22.3 Å². The molecule has 0 saturated heterocycles. The zero-order valence-electron chi connectivity index (χ0n) is 16.9. The van der Waals surface area contributed by atoms with Crippen LogP contribution in [0, 0.1) is 5.82 Å². The zero-order valence-corrected chi connectivity index (χ0v) is 17.7. The molecule has 32 heavy (non-hydrogen) atoms. The predicted octanol–water partition coefficient (Wildman–Crippen LogP) is 5.13. The van der Waals surface area contributed by atoms with E-state index >= 15 is 0 Å². The van der Waals surface area contributed by atoms with Crippen molar-refractivity contribution in [1.29, 1.82) is 0 Å². The first kappa shape index (κ1) is 20.2. The van der Waals surface area contributed by atoms with E-state index in [0.29, 0.717) is 5.56 Å². The Labute approximate surface area is 185 Å². The lowest BCUT2D eigenvalue weighted by Gasteiger charge is -2.12. The second-order valence-corrected chi connectivity index (χ2v) is 9.39. The van der Waals surface area contributed by atoms with Gasteiger partial charge >= 0.3 is 0 Å². The van der Waals surface area contributed by atoms with E-state index in [0.717, 1.165) is 36.0 Å². The third-order valence-corrected chi connectivity index (χ3v) is 7.02. The van der Waals surface area contributed by atoms with Crippen LogP contribution in [0.1, 0.15) is 21.5 Å². The quantitative estimate of drug-likeness (QED) is 0.446. The second kappa shape index (κ2) is 7.76. The molecule has 0 atom stereocenters. The van der Waals surface area contributed by atoms with E-state index in [2.05, 4.69) is 16.1 Å². The fraction of sp³-hybridized carbons (Fsp3) is 0.0800. The van der Waals surface area contributed by atoms with E-state index in [1.54, 1.807) is 18.2 Å². The molecular weight excluding hydrogens is 427 g/mol. The standard InChI is InChI=1S/C25H19FN2O3S/c26-19-10-12-21(13-11-19)32(30,31)28-20-5-1-4-18(15-20)25(29)27-23-14-9-17-8-7-16-3-2-6-22(23)24(16)17/h1-6,9-15,28H,7-8H2,(H,27,29). The lowest BCUT2D eigenvalue weighted by Crippen LogP contribution is -2.15. The number of hydrogen-bond donors (Lipinski definition) is 2. The molecule has 1 aliphatic rings. The van der Waals surface area contributed by atoms with Crippen molar-refractivity contribution in [3.8, 4) is 0 Å². The van der Waals surface area contributed by atoms with Crippen LogP contribution in [-0.4, -0.2) is 14.3 Å². The number of rotatable bonds is 5. The minimum Gasteiger partial charge on any atom is -0.321 e. The molecule has 7 heteroatoms. The second-order valence-electron chi connectivity index (χ2n) is 7.71. The maximum atomic E-state index is 13.1. The number of nitrogens with one attached hydrogen (secondary N) is 2. The monoisotopic (exact) mass is 446 g/mol. The Bertz CT molecular complexity index is 1450. The van der Waals surface area contributed by atoms with E-state index in [9.17, 15) is 17.6 Å². The first-order chi connectivity index (χ1) is 15.4. The normalized spacial score (nSPS) is 12.7. The van der Waals surface area contributed by atoms with Gasteiger partial charge in [-0.05, 0) is 77.9 Å². The summed E-state index contributed by atoms with van der Waals surface area (Å²) in [6, 6.07) is 20.8. The van der Waals surface area contributed by atoms with E-state index in [4.69, 9.17) is 0 Å². The average molecular weight is 447 g/mol. The number of benzene rings is 4. The molecule has 5 rings (SSSR count). The van der Waals surface area contributed by atoms with Gasteiger partial charge in [-0.2, -0.15) is 0 Å². The van der Waals surface area contributed by atoms with Crippen molar-refractivity contribution in [3.63, 3.8) is 0 Å². The van der Waals surface area contributed by atoms with E-state index in [-0.39, 0.29) is 16.5 Å². The molecule has 0 saturated carbocycles. The Morgan fingerprint density at radius 1 is 0.844 bits per heavy atom. The van der Waals surface area contributed by atoms with Crippen molar-refractivity contribution in [2.24, 2.45) is 0 Å². The molecule has 0 aromatic heterocycles. The third-order valence-electron chi connectivity index (χ3n) is 5.63. The van der Waals surface area contributed by atoms with Crippen molar-refractivity contribution in [2.75, 3.05) is 10.0 Å². The van der Waals surface area contributed by atoms with E-state index in [1.165, 1.54) is 34.7 Å². The van der Waals surface area contributed by atoms with Crippen LogP contribution >= 0.6 is 0 Å². The van der Waals surface area contributed by atoms with Gasteiger partial charge < -0.3 is 5.32 Å². The Morgan fingerprint density at radius 2 is 1.56 bits per heavy atom. The van der Waals surface area contributed by atoms with E-state index < -0.39 is 15.8 Å². The summed E-state index contributed by atoms with van der Waals surface area (Å²) in [5.41, 5.74) is 3.83. The molecule has 0 bridgehead atoms. The van der Waals surface area contributed by atoms with Gasteiger partial charge in [-0.15, -0.1) is 0 Å². The Balaban J connectivity index is 1.40. The summed E-state index contributed by atoms with van der Waals surface area (Å²) in [6.07, 6.45) is 2.00. The summed E-state index contributed by atoms with van der Waals surface area (Å²) in [5.74, 6) is -0.864. The van der Waals surface area contributed by atoms with Crippen LogP contribution in [0.25, 0.3) is 10.8 Å². The Kier molecular flexibility index (Phi) is 4.90. The fourth-order valence-electron chi connectivity index (χ4n) is 4.10. The molecule has 4 aromatic carbocycles. The van der Waals surface area contributed by atoms with Gasteiger partial charge in [0.05, 0.1) is 4.90 Å². The minimum absolute atomic E-state index is 0.0679. The number of sulfonamides is 1. The van der Waals surface area contributed by atoms with E-state index in [1.807, 2.05) is 24.3 Å². The number of carbonyl (C=O) groups is 1. The SMILES string of the molecule is O=C(Nc1ccc2c3c(cccc13)CC2)c1cccc(NS(=O)(=O)c2ccc(F)cc2)c1. The summed E-state index contributed by atoms with van der Waals surface area (Å²) in [7, 11) is -3.91. The molecule has 0 heterocycles. The Morgan fingerprint density at radius 3 is 2.34 bits per heavy atom. The molecule has 0 fully saturated rings. The lowest BCUT2D eigenvalue weighted by molar-refractivity contribution is 0.102. The van der Waals surface area contributed by atoms with Crippen LogP contribution in [0.4, 0.5) is 15.8 Å². The van der Waals surface area contributed by atoms with Crippen LogP contribution in [0.15, 0.2) is 83.8 Å². The van der Waals surface area contributed by atoms with Crippen LogP contribution < -0.4 is 10.0 Å². The van der Waals surface area contributed by atoms with Crippen molar-refractivity contribution in [3.05, 3.63) is 101 Å². The number of amides is 1. The van der Waals surface area contributed by atoms with Gasteiger partial charge in [0.2, 0.25) is 0 Å². The van der Waals surface area contributed by atoms with Crippen molar-refractivity contribution in [2.45, 2.75) is 17.7 Å². The molecule has 0 unspecified atom stereocenters. The first-order valence-corrected chi connectivity index (χ1v) is 11.6. The highest BCUT2D eigenvalue weighted by Gasteiger charge is 2.18. The zero-order chi connectivity index (χ0) is 22.3. The highest BCUT2D eigenvalue weighted by molar-refractivity contribution is 7.92. The fourth-order valence-corrected chi connectivity index (χ4v) is 5.15. The molecule has 4 aromatic rings. The average Bonchev–Trinajstić information content (AvgIpc) is 3.20. The molecule has 1 aliphatic carbocycles. The van der Waals surface area contributed by atoms with Gasteiger partial charge in [0.1, 0.15) is 5.82 Å². The van der Waals surface area contributed by atoms with Crippen molar-refractivity contribution in [1.82, 2.24) is 0 Å². The number of carbonyl (C=O) groups excluding carboxylic acids is 1. The minimum atomic E-state index is -3.91. The molecule has 2 N–H and O–H groups in total. The van der Waals surface area contributed by atoms with Crippen LogP contribution in [0.2, 0.25) is 0 Å². The maximum absolute atomic E-state index is 13.1. The summed E-state index contributed by atoms with van der Waals surface area (Å²) >= 11 is 0. The maximum Gasteiger partial charge on any atom is 0.261 e. The van der Waals surface area contributed by atoms with Crippen LogP contribution in [0.3, 0.4) is 0 Å². The van der Waals surface area contributed by atoms with Gasteiger partial charge in [0.15, 0.2) is 0 Å². The third kappa shape index (κ3) is 3.71. The molecule has 0 spiro atoms. The number of halogens is 1. The predicted molar refractivity (Wildman–Crippen MR) is 123 cm³/mol. The summed E-state index contributed by atoms with van der Waals surface area (Å²) < 4.78 is 40.7.